The van der Waals surface area contributed by atoms with E-state index in [0.717, 1.165) is 11.1 Å². The first-order valence-corrected chi connectivity index (χ1v) is 7.22. The molecule has 0 aliphatic carbocycles. The second kappa shape index (κ2) is 8.04. The highest BCUT2D eigenvalue weighted by Gasteiger charge is 2.21. The molecule has 0 fully saturated rings. The van der Waals surface area contributed by atoms with Crippen LogP contribution in [0.4, 0.5) is 0 Å². The summed E-state index contributed by atoms with van der Waals surface area (Å²) >= 11 is 1.63. The third-order valence-corrected chi connectivity index (χ3v) is 3.92. The third-order valence-electron chi connectivity index (χ3n) is 3.18. The molecule has 0 radical (unpaired) electrons. The first-order valence-electron chi connectivity index (χ1n) is 6.28. The van der Waals surface area contributed by atoms with Crippen LogP contribution < -0.4 is 11.1 Å². The van der Waals surface area contributed by atoms with E-state index in [4.69, 9.17) is 5.73 Å². The molecule has 20 heavy (non-hydrogen) atoms. The molecule has 5 heteroatoms. The number of carbonyl (C=O) groups is 1. The van der Waals surface area contributed by atoms with Crippen molar-refractivity contribution in [3.05, 3.63) is 58.3 Å². The van der Waals surface area contributed by atoms with Crippen molar-refractivity contribution in [2.24, 2.45) is 11.7 Å². The molecule has 0 saturated carbocycles. The minimum atomic E-state index is -0.274. The number of hydrogen-bond donors (Lipinski definition) is 2. The van der Waals surface area contributed by atoms with Crippen molar-refractivity contribution < 1.29 is 4.79 Å². The molecule has 0 aliphatic rings. The minimum Gasteiger partial charge on any atom is -0.352 e. The second-order valence-electron chi connectivity index (χ2n) is 4.57. The molecule has 2 unspecified atom stereocenters. The molecule has 3 N–H and O–H groups in total. The van der Waals surface area contributed by atoms with Crippen molar-refractivity contribution in [1.82, 2.24) is 5.32 Å². The quantitative estimate of drug-likeness (QED) is 0.891. The Kier molecular flexibility index (Phi) is 6.71. The number of rotatable bonds is 5. The summed E-state index contributed by atoms with van der Waals surface area (Å²) in [5, 5.41) is 6.95. The van der Waals surface area contributed by atoms with Crippen molar-refractivity contribution in [2.45, 2.75) is 19.5 Å². The minimum absolute atomic E-state index is 0. The number of halogens is 1. The molecule has 0 spiro atoms. The van der Waals surface area contributed by atoms with Crippen LogP contribution in [-0.2, 0) is 11.3 Å². The van der Waals surface area contributed by atoms with E-state index in [9.17, 15) is 4.79 Å². The molecule has 108 valence electrons. The average Bonchev–Trinajstić information content (AvgIpc) is 2.97. The summed E-state index contributed by atoms with van der Waals surface area (Å²) in [5.41, 5.74) is 8.24. The Labute approximate surface area is 129 Å². The third kappa shape index (κ3) is 4.34. The molecule has 0 aliphatic heterocycles. The summed E-state index contributed by atoms with van der Waals surface area (Å²) in [6, 6.07) is 11.4. The zero-order valence-electron chi connectivity index (χ0n) is 11.3. The van der Waals surface area contributed by atoms with E-state index >= 15 is 0 Å². The molecule has 1 amide bonds. The smallest absolute Gasteiger partial charge is 0.225 e. The van der Waals surface area contributed by atoms with Gasteiger partial charge in [-0.15, -0.1) is 12.4 Å². The average molecular weight is 311 g/mol. The van der Waals surface area contributed by atoms with Crippen molar-refractivity contribution in [3.63, 3.8) is 0 Å². The maximum atomic E-state index is 12.1. The monoisotopic (exact) mass is 310 g/mol. The van der Waals surface area contributed by atoms with Gasteiger partial charge in [-0.2, -0.15) is 11.3 Å². The molecular weight excluding hydrogens is 292 g/mol. The summed E-state index contributed by atoms with van der Waals surface area (Å²) in [7, 11) is 0. The highest BCUT2D eigenvalue weighted by Crippen LogP contribution is 2.19. The van der Waals surface area contributed by atoms with Crippen LogP contribution in [-0.4, -0.2) is 5.91 Å². The van der Waals surface area contributed by atoms with E-state index in [0.29, 0.717) is 6.54 Å². The van der Waals surface area contributed by atoms with Crippen LogP contribution >= 0.6 is 23.7 Å². The lowest BCUT2D eigenvalue weighted by atomic mass is 9.94. The molecule has 1 aromatic carbocycles. The van der Waals surface area contributed by atoms with Gasteiger partial charge in [0.2, 0.25) is 5.91 Å². The lowest BCUT2D eigenvalue weighted by Gasteiger charge is -2.19. The SMILES string of the molecule is CC(C(=O)NCc1ccsc1)C(N)c1ccccc1.Cl. The Morgan fingerprint density at radius 2 is 2.00 bits per heavy atom. The van der Waals surface area contributed by atoms with E-state index in [2.05, 4.69) is 5.32 Å². The van der Waals surface area contributed by atoms with Gasteiger partial charge in [0.05, 0.1) is 5.92 Å². The zero-order valence-corrected chi connectivity index (χ0v) is 12.9. The Hall–Kier alpha value is -1.36. The largest absolute Gasteiger partial charge is 0.352 e. The first-order chi connectivity index (χ1) is 9.18. The van der Waals surface area contributed by atoms with Crippen LogP contribution in [0.1, 0.15) is 24.1 Å². The Morgan fingerprint density at radius 1 is 1.30 bits per heavy atom. The molecule has 1 heterocycles. The molecule has 0 bridgehead atoms. The number of thiophene rings is 1. The molecular formula is C15H19ClN2OS. The molecule has 3 nitrogen and oxygen atoms in total. The van der Waals surface area contributed by atoms with Gasteiger partial charge in [0.25, 0.3) is 0 Å². The van der Waals surface area contributed by atoms with Crippen molar-refractivity contribution in [3.8, 4) is 0 Å². The topological polar surface area (TPSA) is 55.1 Å². The number of benzene rings is 1. The van der Waals surface area contributed by atoms with Crippen LogP contribution in [0.25, 0.3) is 0 Å². The fourth-order valence-electron chi connectivity index (χ4n) is 1.87. The van der Waals surface area contributed by atoms with Gasteiger partial charge >= 0.3 is 0 Å². The van der Waals surface area contributed by atoms with Crippen molar-refractivity contribution in [2.75, 3.05) is 0 Å². The van der Waals surface area contributed by atoms with Gasteiger partial charge in [-0.05, 0) is 28.0 Å². The lowest BCUT2D eigenvalue weighted by Crippen LogP contribution is -2.35. The highest BCUT2D eigenvalue weighted by molar-refractivity contribution is 7.07. The van der Waals surface area contributed by atoms with Gasteiger partial charge in [-0.25, -0.2) is 0 Å². The summed E-state index contributed by atoms with van der Waals surface area (Å²) in [5.74, 6) is -0.261. The van der Waals surface area contributed by atoms with Crippen LogP contribution in [0.5, 0.6) is 0 Å². The number of carbonyl (C=O) groups excluding carboxylic acids is 1. The van der Waals surface area contributed by atoms with Crippen LogP contribution in [0, 0.1) is 5.92 Å². The first kappa shape index (κ1) is 16.7. The van der Waals surface area contributed by atoms with Crippen LogP contribution in [0.2, 0.25) is 0 Å². The van der Waals surface area contributed by atoms with Gasteiger partial charge in [0, 0.05) is 12.6 Å². The normalized spacial score (nSPS) is 13.1. The Balaban J connectivity index is 0.00000200. The summed E-state index contributed by atoms with van der Waals surface area (Å²) in [6.07, 6.45) is 0. The fraction of sp³-hybridized carbons (Fsp3) is 0.267. The van der Waals surface area contributed by atoms with E-state index in [1.54, 1.807) is 11.3 Å². The molecule has 2 rings (SSSR count). The van der Waals surface area contributed by atoms with Gasteiger partial charge < -0.3 is 11.1 Å². The summed E-state index contributed by atoms with van der Waals surface area (Å²) < 4.78 is 0. The van der Waals surface area contributed by atoms with Gasteiger partial charge in [0.1, 0.15) is 0 Å². The molecule has 2 atom stereocenters. The maximum Gasteiger partial charge on any atom is 0.225 e. The number of amides is 1. The van der Waals surface area contributed by atoms with E-state index in [-0.39, 0.29) is 30.3 Å². The predicted octanol–water partition coefficient (Wildman–Crippen LogP) is 3.12. The van der Waals surface area contributed by atoms with Crippen molar-refractivity contribution in [1.29, 1.82) is 0 Å². The zero-order chi connectivity index (χ0) is 13.7. The van der Waals surface area contributed by atoms with E-state index in [1.165, 1.54) is 0 Å². The second-order valence-corrected chi connectivity index (χ2v) is 5.35. The Morgan fingerprint density at radius 3 is 2.60 bits per heavy atom. The fourth-order valence-corrected chi connectivity index (χ4v) is 2.54. The predicted molar refractivity (Wildman–Crippen MR) is 85.9 cm³/mol. The standard InChI is InChI=1S/C15H18N2OS.ClH/c1-11(14(16)13-5-3-2-4-6-13)15(18)17-9-12-7-8-19-10-12;/h2-8,10-11,14H,9,16H2,1H3,(H,17,18);1H. The van der Waals surface area contributed by atoms with Gasteiger partial charge in [-0.1, -0.05) is 37.3 Å². The maximum absolute atomic E-state index is 12.1. The molecule has 1 aromatic heterocycles. The Bertz CT molecular complexity index is 516. The highest BCUT2D eigenvalue weighted by atomic mass is 35.5. The summed E-state index contributed by atoms with van der Waals surface area (Å²) in [6.45, 7) is 2.43. The van der Waals surface area contributed by atoms with E-state index < -0.39 is 0 Å². The van der Waals surface area contributed by atoms with Gasteiger partial charge in [-0.3, -0.25) is 4.79 Å². The summed E-state index contributed by atoms with van der Waals surface area (Å²) in [4.78, 5) is 12.1. The number of nitrogens with two attached hydrogens (primary N) is 1. The lowest BCUT2D eigenvalue weighted by molar-refractivity contribution is -0.125. The molecule has 2 aromatic rings. The molecule has 0 saturated heterocycles. The van der Waals surface area contributed by atoms with Gasteiger partial charge in [0.15, 0.2) is 0 Å². The number of nitrogens with one attached hydrogen (secondary N) is 1. The van der Waals surface area contributed by atoms with Crippen LogP contribution in [0.3, 0.4) is 0 Å². The van der Waals surface area contributed by atoms with Crippen LogP contribution in [0.15, 0.2) is 47.2 Å². The van der Waals surface area contributed by atoms with E-state index in [1.807, 2.05) is 54.1 Å². The van der Waals surface area contributed by atoms with Crippen molar-refractivity contribution >= 4 is 29.7 Å². The number of hydrogen-bond acceptors (Lipinski definition) is 3.